The van der Waals surface area contributed by atoms with Crippen LogP contribution in [0, 0.1) is 10.1 Å². The van der Waals surface area contributed by atoms with Crippen molar-refractivity contribution < 1.29 is 28.8 Å². The molecule has 12 heteroatoms. The zero-order valence-electron chi connectivity index (χ0n) is 16.5. The number of rotatable bonds is 7. The number of nitrogens with zero attached hydrogens (tertiary/aromatic N) is 2. The number of ether oxygens (including phenoxy) is 1. The summed E-state index contributed by atoms with van der Waals surface area (Å²) in [5.41, 5.74) is -0.501. The molecule has 0 fully saturated rings. The zero-order chi connectivity index (χ0) is 23.6. The Kier molecular flexibility index (Phi) is 6.75. The monoisotopic (exact) mass is 479 g/mol. The molecule has 1 N–H and O–H groups in total. The van der Waals surface area contributed by atoms with Gasteiger partial charge in [-0.3, -0.25) is 34.2 Å². The van der Waals surface area contributed by atoms with Gasteiger partial charge in [0.1, 0.15) is 12.1 Å². The van der Waals surface area contributed by atoms with Gasteiger partial charge in [-0.15, -0.1) is 0 Å². The molecule has 3 rings (SSSR count). The van der Waals surface area contributed by atoms with Crippen molar-refractivity contribution in [3.63, 3.8) is 0 Å². The second kappa shape index (κ2) is 9.33. The van der Waals surface area contributed by atoms with Crippen LogP contribution in [0.5, 0.6) is 0 Å². The molecule has 166 valence electrons. The molecular formula is C20H15Cl2N3O7. The highest BCUT2D eigenvalue weighted by Crippen LogP contribution is 2.30. The molecule has 0 saturated heterocycles. The van der Waals surface area contributed by atoms with Gasteiger partial charge in [-0.25, -0.2) is 0 Å². The predicted molar refractivity (Wildman–Crippen MR) is 112 cm³/mol. The number of amides is 3. The molecule has 1 aliphatic heterocycles. The average molecular weight is 480 g/mol. The van der Waals surface area contributed by atoms with Crippen molar-refractivity contribution in [2.24, 2.45) is 0 Å². The van der Waals surface area contributed by atoms with Gasteiger partial charge in [0.05, 0.1) is 16.5 Å². The van der Waals surface area contributed by atoms with E-state index in [1.54, 1.807) is 19.1 Å². The quantitative estimate of drug-likeness (QED) is 0.279. The Balaban J connectivity index is 1.57. The Morgan fingerprint density at radius 3 is 2.56 bits per heavy atom. The van der Waals surface area contributed by atoms with E-state index in [9.17, 15) is 29.3 Å². The molecule has 0 aromatic heterocycles. The molecular weight excluding hydrogens is 465 g/mol. The molecule has 1 atom stereocenters. The summed E-state index contributed by atoms with van der Waals surface area (Å²) in [5, 5.41) is 14.5. The molecule has 10 nitrogen and oxygen atoms in total. The van der Waals surface area contributed by atoms with E-state index in [1.807, 2.05) is 0 Å². The van der Waals surface area contributed by atoms with Crippen molar-refractivity contribution in [3.05, 3.63) is 73.2 Å². The maximum absolute atomic E-state index is 12.5. The summed E-state index contributed by atoms with van der Waals surface area (Å²) >= 11 is 11.9. The van der Waals surface area contributed by atoms with Crippen molar-refractivity contribution >= 4 is 52.6 Å². The van der Waals surface area contributed by atoms with Crippen LogP contribution in [-0.2, 0) is 14.3 Å². The Morgan fingerprint density at radius 1 is 1.19 bits per heavy atom. The summed E-state index contributed by atoms with van der Waals surface area (Å²) in [5.74, 6) is -3.52. The van der Waals surface area contributed by atoms with E-state index in [0.29, 0.717) is 20.5 Å². The van der Waals surface area contributed by atoms with E-state index < -0.39 is 53.5 Å². The van der Waals surface area contributed by atoms with Crippen LogP contribution >= 0.6 is 23.2 Å². The SMILES string of the molecule is CC(NC(=O)COC(=O)CN1C(=O)c2cccc([N+](=O)[O-])c2C1=O)c1ccc(Cl)cc1Cl. The highest BCUT2D eigenvalue weighted by Gasteiger charge is 2.42. The first kappa shape index (κ1) is 23.2. The summed E-state index contributed by atoms with van der Waals surface area (Å²) in [4.78, 5) is 59.9. The van der Waals surface area contributed by atoms with E-state index in [1.165, 1.54) is 18.2 Å². The first-order valence-electron chi connectivity index (χ1n) is 9.13. The van der Waals surface area contributed by atoms with Crippen molar-refractivity contribution in [3.8, 4) is 0 Å². The van der Waals surface area contributed by atoms with Gasteiger partial charge >= 0.3 is 5.97 Å². The molecule has 3 amide bonds. The first-order valence-corrected chi connectivity index (χ1v) is 9.89. The summed E-state index contributed by atoms with van der Waals surface area (Å²) in [6.07, 6.45) is 0. The molecule has 2 aromatic carbocycles. The Morgan fingerprint density at radius 2 is 1.91 bits per heavy atom. The fraction of sp³-hybridized carbons (Fsp3) is 0.200. The van der Waals surface area contributed by atoms with E-state index in [0.717, 1.165) is 6.07 Å². The lowest BCUT2D eigenvalue weighted by molar-refractivity contribution is -0.385. The number of benzene rings is 2. The minimum absolute atomic E-state index is 0.177. The lowest BCUT2D eigenvalue weighted by Gasteiger charge is -2.16. The largest absolute Gasteiger partial charge is 0.454 e. The summed E-state index contributed by atoms with van der Waals surface area (Å²) in [7, 11) is 0. The van der Waals surface area contributed by atoms with Crippen LogP contribution in [0.15, 0.2) is 36.4 Å². The number of hydrogen-bond acceptors (Lipinski definition) is 7. The van der Waals surface area contributed by atoms with Crippen LogP contribution in [0.4, 0.5) is 5.69 Å². The van der Waals surface area contributed by atoms with E-state index in [-0.39, 0.29) is 11.1 Å². The van der Waals surface area contributed by atoms with Gasteiger partial charge in [-0.2, -0.15) is 0 Å². The predicted octanol–water partition coefficient (Wildman–Crippen LogP) is 2.92. The number of halogens is 2. The molecule has 0 radical (unpaired) electrons. The topological polar surface area (TPSA) is 136 Å². The van der Waals surface area contributed by atoms with Crippen LogP contribution in [0.2, 0.25) is 10.0 Å². The van der Waals surface area contributed by atoms with Gasteiger partial charge in [0, 0.05) is 16.1 Å². The number of fused-ring (bicyclic) bond motifs is 1. The van der Waals surface area contributed by atoms with Crippen LogP contribution in [0.3, 0.4) is 0 Å². The minimum atomic E-state index is -1.03. The Labute approximate surface area is 191 Å². The third kappa shape index (κ3) is 4.71. The first-order chi connectivity index (χ1) is 15.1. The maximum atomic E-state index is 12.5. The van der Waals surface area contributed by atoms with Crippen LogP contribution in [-0.4, -0.2) is 46.7 Å². The van der Waals surface area contributed by atoms with Gasteiger partial charge in [0.2, 0.25) is 0 Å². The number of imide groups is 1. The summed E-state index contributed by atoms with van der Waals surface area (Å²) in [6.45, 7) is 0.202. The molecule has 1 aliphatic rings. The highest BCUT2D eigenvalue weighted by molar-refractivity contribution is 6.35. The van der Waals surface area contributed by atoms with Crippen molar-refractivity contribution in [1.82, 2.24) is 10.2 Å². The number of carbonyl (C=O) groups is 4. The standard InChI is InChI=1S/C20H15Cl2N3O7/c1-10(12-6-5-11(21)7-14(12)22)23-16(26)9-32-17(27)8-24-19(28)13-3-2-4-15(25(30)31)18(13)20(24)29/h2-7,10H,8-9H2,1H3,(H,23,26). The molecule has 1 heterocycles. The molecule has 32 heavy (non-hydrogen) atoms. The fourth-order valence-electron chi connectivity index (χ4n) is 3.15. The van der Waals surface area contributed by atoms with Crippen molar-refractivity contribution in [2.75, 3.05) is 13.2 Å². The lowest BCUT2D eigenvalue weighted by atomic mass is 10.1. The Hall–Kier alpha value is -3.50. The van der Waals surface area contributed by atoms with Gasteiger partial charge in [-0.1, -0.05) is 35.3 Å². The smallest absolute Gasteiger partial charge is 0.326 e. The highest BCUT2D eigenvalue weighted by atomic mass is 35.5. The molecule has 2 aromatic rings. The normalized spacial score (nSPS) is 13.5. The van der Waals surface area contributed by atoms with Gasteiger partial charge in [-0.05, 0) is 30.7 Å². The number of hydrogen-bond donors (Lipinski definition) is 1. The van der Waals surface area contributed by atoms with Gasteiger partial charge in [0.25, 0.3) is 23.4 Å². The average Bonchev–Trinajstić information content (AvgIpc) is 2.97. The number of nitro groups is 1. The van der Waals surface area contributed by atoms with Crippen LogP contribution < -0.4 is 5.32 Å². The van der Waals surface area contributed by atoms with Gasteiger partial charge in [0.15, 0.2) is 6.61 Å². The Bertz CT molecular complexity index is 1150. The second-order valence-electron chi connectivity index (χ2n) is 6.77. The summed E-state index contributed by atoms with van der Waals surface area (Å²) < 4.78 is 4.84. The third-order valence-corrected chi connectivity index (χ3v) is 5.19. The van der Waals surface area contributed by atoms with Crippen LogP contribution in [0.25, 0.3) is 0 Å². The molecule has 0 saturated carbocycles. The molecule has 0 aliphatic carbocycles. The second-order valence-corrected chi connectivity index (χ2v) is 7.61. The van der Waals surface area contributed by atoms with Crippen LogP contribution in [0.1, 0.15) is 39.2 Å². The number of carbonyl (C=O) groups excluding carboxylic acids is 4. The van der Waals surface area contributed by atoms with E-state index >= 15 is 0 Å². The van der Waals surface area contributed by atoms with Gasteiger partial charge < -0.3 is 10.1 Å². The van der Waals surface area contributed by atoms with Crippen molar-refractivity contribution in [2.45, 2.75) is 13.0 Å². The molecule has 1 unspecified atom stereocenters. The fourth-order valence-corrected chi connectivity index (χ4v) is 3.72. The number of esters is 1. The number of nitro benzene ring substituents is 1. The van der Waals surface area contributed by atoms with Crippen molar-refractivity contribution in [1.29, 1.82) is 0 Å². The van der Waals surface area contributed by atoms with E-state index in [4.69, 9.17) is 27.9 Å². The maximum Gasteiger partial charge on any atom is 0.326 e. The molecule has 0 spiro atoms. The third-order valence-electron chi connectivity index (χ3n) is 4.63. The van der Waals surface area contributed by atoms with E-state index in [2.05, 4.69) is 5.32 Å². The summed E-state index contributed by atoms with van der Waals surface area (Å²) in [6, 6.07) is 7.87. The molecule has 0 bridgehead atoms. The number of nitrogens with one attached hydrogen (secondary N) is 1. The lowest BCUT2D eigenvalue weighted by Crippen LogP contribution is -2.37. The zero-order valence-corrected chi connectivity index (χ0v) is 18.0. The minimum Gasteiger partial charge on any atom is -0.454 e.